The SMILES string of the molecule is Cc1nc(-c2cccc(NC(=O)c3cnc4c(Nc5ccccc5)cc(NC5CCC(N)CC5)nn34)c2)co1. The van der Waals surface area contributed by atoms with Gasteiger partial charge in [-0.3, -0.25) is 4.79 Å². The summed E-state index contributed by atoms with van der Waals surface area (Å²) in [5, 5.41) is 14.7. The lowest BCUT2D eigenvalue weighted by Crippen LogP contribution is -2.33. The van der Waals surface area contributed by atoms with Gasteiger partial charge in [-0.2, -0.15) is 0 Å². The van der Waals surface area contributed by atoms with E-state index in [0.717, 1.165) is 42.6 Å². The molecule has 6 rings (SSSR count). The zero-order chi connectivity index (χ0) is 26.8. The van der Waals surface area contributed by atoms with Gasteiger partial charge < -0.3 is 26.1 Å². The predicted molar refractivity (Wildman–Crippen MR) is 151 cm³/mol. The molecule has 0 radical (unpaired) electrons. The van der Waals surface area contributed by atoms with Crippen molar-refractivity contribution < 1.29 is 9.21 Å². The van der Waals surface area contributed by atoms with E-state index in [9.17, 15) is 4.79 Å². The molecule has 2 aromatic carbocycles. The zero-order valence-corrected chi connectivity index (χ0v) is 21.6. The van der Waals surface area contributed by atoms with E-state index < -0.39 is 0 Å². The number of benzene rings is 2. The van der Waals surface area contributed by atoms with Gasteiger partial charge in [-0.25, -0.2) is 14.5 Å². The number of oxazole rings is 1. The molecule has 5 aromatic rings. The monoisotopic (exact) mass is 522 g/mol. The number of aryl methyl sites for hydroxylation is 1. The minimum atomic E-state index is -0.324. The first kappa shape index (κ1) is 24.6. The van der Waals surface area contributed by atoms with Crippen molar-refractivity contribution in [2.24, 2.45) is 5.73 Å². The van der Waals surface area contributed by atoms with Crippen LogP contribution in [0.4, 0.5) is 22.9 Å². The number of nitrogens with two attached hydrogens (primary N) is 1. The predicted octanol–water partition coefficient (Wildman–Crippen LogP) is 5.37. The molecule has 3 aromatic heterocycles. The number of imidazole rings is 1. The Morgan fingerprint density at radius 1 is 1.03 bits per heavy atom. The highest BCUT2D eigenvalue weighted by atomic mass is 16.3. The Labute approximate surface area is 225 Å². The third-order valence-corrected chi connectivity index (χ3v) is 6.91. The van der Waals surface area contributed by atoms with Gasteiger partial charge in [0.05, 0.1) is 11.9 Å². The molecule has 0 unspecified atom stereocenters. The molecular weight excluding hydrogens is 492 g/mol. The molecule has 0 atom stereocenters. The fraction of sp³-hybridized carbons (Fsp3) is 0.241. The van der Waals surface area contributed by atoms with E-state index in [-0.39, 0.29) is 18.0 Å². The van der Waals surface area contributed by atoms with Crippen LogP contribution in [0.1, 0.15) is 42.1 Å². The number of hydrogen-bond acceptors (Lipinski definition) is 8. The number of para-hydroxylation sites is 1. The minimum absolute atomic E-state index is 0.254. The summed E-state index contributed by atoms with van der Waals surface area (Å²) >= 11 is 0. The van der Waals surface area contributed by atoms with Crippen LogP contribution < -0.4 is 21.7 Å². The average Bonchev–Trinajstić information content (AvgIpc) is 3.57. The number of carbonyl (C=O) groups excluding carboxylic acids is 1. The van der Waals surface area contributed by atoms with Crippen LogP contribution in [0.15, 0.2) is 77.5 Å². The maximum atomic E-state index is 13.4. The molecule has 10 heteroatoms. The highest BCUT2D eigenvalue weighted by Crippen LogP contribution is 2.28. The first-order chi connectivity index (χ1) is 19.0. The van der Waals surface area contributed by atoms with E-state index >= 15 is 0 Å². The Bertz CT molecular complexity index is 1600. The van der Waals surface area contributed by atoms with Crippen LogP contribution in [-0.2, 0) is 0 Å². The summed E-state index contributed by atoms with van der Waals surface area (Å²) in [4.78, 5) is 22.4. The Kier molecular flexibility index (Phi) is 6.68. The summed E-state index contributed by atoms with van der Waals surface area (Å²) in [6.07, 6.45) is 7.03. The van der Waals surface area contributed by atoms with Crippen LogP contribution in [0, 0.1) is 6.92 Å². The zero-order valence-electron chi connectivity index (χ0n) is 21.6. The van der Waals surface area contributed by atoms with E-state index in [4.69, 9.17) is 15.2 Å². The summed E-state index contributed by atoms with van der Waals surface area (Å²) in [6, 6.07) is 19.8. The average molecular weight is 523 g/mol. The molecule has 1 saturated carbocycles. The Hall–Kier alpha value is -4.70. The fourth-order valence-electron chi connectivity index (χ4n) is 4.88. The van der Waals surface area contributed by atoms with Crippen LogP contribution >= 0.6 is 0 Å². The van der Waals surface area contributed by atoms with Crippen molar-refractivity contribution in [3.63, 3.8) is 0 Å². The van der Waals surface area contributed by atoms with Crippen molar-refractivity contribution >= 4 is 34.4 Å². The fourth-order valence-corrected chi connectivity index (χ4v) is 4.88. The maximum Gasteiger partial charge on any atom is 0.276 e. The highest BCUT2D eigenvalue weighted by molar-refractivity contribution is 6.04. The van der Waals surface area contributed by atoms with Gasteiger partial charge in [0.1, 0.15) is 17.8 Å². The number of nitrogens with one attached hydrogen (secondary N) is 3. The Morgan fingerprint density at radius 3 is 2.59 bits per heavy atom. The number of anilines is 4. The van der Waals surface area contributed by atoms with E-state index in [1.807, 2.05) is 60.7 Å². The van der Waals surface area contributed by atoms with E-state index in [0.29, 0.717) is 34.4 Å². The van der Waals surface area contributed by atoms with Crippen LogP contribution in [0.2, 0.25) is 0 Å². The largest absolute Gasteiger partial charge is 0.449 e. The van der Waals surface area contributed by atoms with Gasteiger partial charge >= 0.3 is 0 Å². The molecular formula is C29H30N8O2. The number of amides is 1. The van der Waals surface area contributed by atoms with Gasteiger partial charge in [0.15, 0.2) is 17.2 Å². The van der Waals surface area contributed by atoms with Gasteiger partial charge in [-0.15, -0.1) is 5.10 Å². The third-order valence-electron chi connectivity index (χ3n) is 6.91. The summed E-state index contributed by atoms with van der Waals surface area (Å²) in [6.45, 7) is 1.79. The number of fused-ring (bicyclic) bond motifs is 1. The minimum Gasteiger partial charge on any atom is -0.449 e. The van der Waals surface area contributed by atoms with Gasteiger partial charge in [0.2, 0.25) is 0 Å². The second kappa shape index (κ2) is 10.6. The quantitative estimate of drug-likeness (QED) is 0.224. The van der Waals surface area contributed by atoms with Crippen molar-refractivity contribution in [2.75, 3.05) is 16.0 Å². The topological polar surface area (TPSA) is 135 Å². The van der Waals surface area contributed by atoms with Crippen molar-refractivity contribution in [3.05, 3.63) is 84.7 Å². The molecule has 1 aliphatic rings. The summed E-state index contributed by atoms with van der Waals surface area (Å²) < 4.78 is 6.92. The number of nitrogens with zero attached hydrogens (tertiary/aromatic N) is 4. The van der Waals surface area contributed by atoms with Crippen LogP contribution in [0.25, 0.3) is 16.9 Å². The number of aromatic nitrogens is 4. The van der Waals surface area contributed by atoms with Gasteiger partial charge in [0.25, 0.3) is 5.91 Å². The van der Waals surface area contributed by atoms with Gasteiger partial charge in [-0.1, -0.05) is 30.3 Å². The first-order valence-corrected chi connectivity index (χ1v) is 13.1. The standard InChI is InChI=1S/C29H30N8O2/c1-18-32-25(17-39-18)19-6-5-9-23(14-19)35-29(38)26-16-31-28-24(33-21-7-3-2-4-8-21)15-27(36-37(26)28)34-22-12-10-20(30)11-13-22/h2-9,14-17,20,22,33H,10-13,30H2,1H3,(H,34,36)(H,35,38). The molecule has 3 heterocycles. The molecule has 0 bridgehead atoms. The normalized spacial score (nSPS) is 17.2. The molecule has 0 spiro atoms. The number of hydrogen-bond donors (Lipinski definition) is 4. The second-order valence-electron chi connectivity index (χ2n) is 9.86. The second-order valence-corrected chi connectivity index (χ2v) is 9.86. The van der Waals surface area contributed by atoms with Gasteiger partial charge in [0, 0.05) is 42.0 Å². The van der Waals surface area contributed by atoms with Crippen LogP contribution in [-0.4, -0.2) is 37.6 Å². The lowest BCUT2D eigenvalue weighted by molar-refractivity contribution is 0.102. The van der Waals surface area contributed by atoms with Crippen molar-refractivity contribution in [1.29, 1.82) is 0 Å². The smallest absolute Gasteiger partial charge is 0.276 e. The molecule has 39 heavy (non-hydrogen) atoms. The lowest BCUT2D eigenvalue weighted by Gasteiger charge is -2.27. The molecule has 198 valence electrons. The van der Waals surface area contributed by atoms with Crippen molar-refractivity contribution in [2.45, 2.75) is 44.7 Å². The summed E-state index contributed by atoms with van der Waals surface area (Å²) in [5.74, 6) is 0.920. The van der Waals surface area contributed by atoms with Crippen LogP contribution in [0.5, 0.6) is 0 Å². The first-order valence-electron chi connectivity index (χ1n) is 13.1. The van der Waals surface area contributed by atoms with E-state index in [1.165, 1.54) is 0 Å². The number of carbonyl (C=O) groups is 1. The van der Waals surface area contributed by atoms with Crippen molar-refractivity contribution in [1.82, 2.24) is 19.6 Å². The van der Waals surface area contributed by atoms with E-state index in [1.54, 1.807) is 23.9 Å². The molecule has 1 fully saturated rings. The summed E-state index contributed by atoms with van der Waals surface area (Å²) in [7, 11) is 0. The van der Waals surface area contributed by atoms with Gasteiger partial charge in [-0.05, 0) is 49.9 Å². The third kappa shape index (κ3) is 5.46. The van der Waals surface area contributed by atoms with Crippen LogP contribution in [0.3, 0.4) is 0 Å². The lowest BCUT2D eigenvalue weighted by atomic mass is 9.92. The Balaban J connectivity index is 1.31. The number of rotatable bonds is 7. The van der Waals surface area contributed by atoms with E-state index in [2.05, 4.69) is 25.9 Å². The Morgan fingerprint density at radius 2 is 1.82 bits per heavy atom. The molecule has 1 aliphatic carbocycles. The summed E-state index contributed by atoms with van der Waals surface area (Å²) in [5.41, 5.74) is 10.8. The molecule has 5 N–H and O–H groups in total. The molecule has 0 saturated heterocycles. The molecule has 0 aliphatic heterocycles. The van der Waals surface area contributed by atoms with Crippen molar-refractivity contribution in [3.8, 4) is 11.3 Å². The molecule has 10 nitrogen and oxygen atoms in total. The maximum absolute atomic E-state index is 13.4. The molecule has 1 amide bonds. The highest BCUT2D eigenvalue weighted by Gasteiger charge is 2.21.